The highest BCUT2D eigenvalue weighted by Crippen LogP contribution is 2.28. The number of halogens is 2. The van der Waals surface area contributed by atoms with Crippen LogP contribution in [0.3, 0.4) is 0 Å². The number of rotatable bonds is 3. The van der Waals surface area contributed by atoms with E-state index in [-0.39, 0.29) is 11.8 Å². The zero-order chi connectivity index (χ0) is 12.3. The number of hydrogen-bond acceptors (Lipinski definition) is 2. The Labute approximate surface area is 108 Å². The number of carbonyl (C=O) groups excluding carboxylic acids is 1. The van der Waals surface area contributed by atoms with E-state index in [0.29, 0.717) is 22.6 Å². The summed E-state index contributed by atoms with van der Waals surface area (Å²) < 4.78 is 18.5. The van der Waals surface area contributed by atoms with Gasteiger partial charge in [-0.3, -0.25) is 4.79 Å². The second-order valence-corrected chi connectivity index (χ2v) is 5.26. The summed E-state index contributed by atoms with van der Waals surface area (Å²) >= 11 is 3.06. The second kappa shape index (κ2) is 5.63. The van der Waals surface area contributed by atoms with Gasteiger partial charge >= 0.3 is 5.97 Å². The molecule has 0 unspecified atom stereocenters. The van der Waals surface area contributed by atoms with Gasteiger partial charge in [0.25, 0.3) is 0 Å². The lowest BCUT2D eigenvalue weighted by Gasteiger charge is -2.09. The monoisotopic (exact) mass is 300 g/mol. The summed E-state index contributed by atoms with van der Waals surface area (Å²) in [5.41, 5.74) is 0. The molecule has 0 bridgehead atoms. The molecule has 0 saturated heterocycles. The number of hydrogen-bond donors (Lipinski definition) is 0. The van der Waals surface area contributed by atoms with Gasteiger partial charge in [0.1, 0.15) is 11.6 Å². The van der Waals surface area contributed by atoms with E-state index in [1.165, 1.54) is 31.0 Å². The molecule has 0 spiro atoms. The zero-order valence-electron chi connectivity index (χ0n) is 9.42. The van der Waals surface area contributed by atoms with E-state index in [4.69, 9.17) is 4.74 Å². The Morgan fingerprint density at radius 3 is 2.76 bits per heavy atom. The Morgan fingerprint density at radius 1 is 1.41 bits per heavy atom. The average molecular weight is 301 g/mol. The molecule has 0 aromatic heterocycles. The molecule has 1 fully saturated rings. The Morgan fingerprint density at radius 2 is 2.12 bits per heavy atom. The van der Waals surface area contributed by atoms with Crippen molar-refractivity contribution in [2.75, 3.05) is 0 Å². The first-order valence-corrected chi connectivity index (χ1v) is 6.60. The quantitative estimate of drug-likeness (QED) is 0.621. The Balaban J connectivity index is 1.90. The van der Waals surface area contributed by atoms with Crippen LogP contribution in [0.2, 0.25) is 0 Å². The van der Waals surface area contributed by atoms with Crippen LogP contribution in [-0.2, 0) is 4.79 Å². The number of ether oxygens (including phenoxy) is 1. The van der Waals surface area contributed by atoms with Crippen molar-refractivity contribution in [3.05, 3.63) is 28.5 Å². The maximum absolute atomic E-state index is 13.0. The molecule has 0 N–H and O–H groups in total. The molecule has 1 aliphatic carbocycles. The van der Waals surface area contributed by atoms with Gasteiger partial charge in [-0.15, -0.1) is 0 Å². The average Bonchev–Trinajstić information content (AvgIpc) is 2.76. The summed E-state index contributed by atoms with van der Waals surface area (Å²) in [5.74, 6) is 0.267. The molecule has 0 heterocycles. The molecule has 1 aromatic rings. The van der Waals surface area contributed by atoms with Gasteiger partial charge in [0.05, 0.1) is 4.47 Å². The van der Waals surface area contributed by atoms with Crippen molar-refractivity contribution in [2.45, 2.75) is 32.1 Å². The lowest BCUT2D eigenvalue weighted by atomic mass is 10.0. The molecule has 0 aliphatic heterocycles. The molecule has 0 amide bonds. The molecular weight excluding hydrogens is 287 g/mol. The predicted molar refractivity (Wildman–Crippen MR) is 66.3 cm³/mol. The molecule has 92 valence electrons. The standard InChI is InChI=1S/C13H14BrFO2/c14-11-8-10(5-6-12(11)15)17-13(16)7-9-3-1-2-4-9/h5-6,8-9H,1-4,7H2. The van der Waals surface area contributed by atoms with Gasteiger partial charge in [0.15, 0.2) is 0 Å². The number of benzene rings is 1. The van der Waals surface area contributed by atoms with E-state index >= 15 is 0 Å². The third kappa shape index (κ3) is 3.53. The number of carbonyl (C=O) groups is 1. The van der Waals surface area contributed by atoms with Crippen LogP contribution in [0, 0.1) is 11.7 Å². The largest absolute Gasteiger partial charge is 0.426 e. The summed E-state index contributed by atoms with van der Waals surface area (Å²) in [5, 5.41) is 0. The van der Waals surface area contributed by atoms with Crippen molar-refractivity contribution in [3.63, 3.8) is 0 Å². The van der Waals surface area contributed by atoms with Crippen LogP contribution in [0.1, 0.15) is 32.1 Å². The highest BCUT2D eigenvalue weighted by atomic mass is 79.9. The van der Waals surface area contributed by atoms with E-state index in [1.807, 2.05) is 0 Å². The van der Waals surface area contributed by atoms with Crippen LogP contribution >= 0.6 is 15.9 Å². The minimum absolute atomic E-state index is 0.226. The van der Waals surface area contributed by atoms with Crippen molar-refractivity contribution in [2.24, 2.45) is 5.92 Å². The highest BCUT2D eigenvalue weighted by molar-refractivity contribution is 9.10. The molecule has 1 saturated carbocycles. The third-order valence-corrected chi connectivity index (χ3v) is 3.66. The Bertz CT molecular complexity index is 414. The first-order chi connectivity index (χ1) is 8.15. The van der Waals surface area contributed by atoms with Crippen molar-refractivity contribution in [1.82, 2.24) is 0 Å². The fraction of sp³-hybridized carbons (Fsp3) is 0.462. The number of esters is 1. The van der Waals surface area contributed by atoms with E-state index in [2.05, 4.69) is 15.9 Å². The molecule has 1 aromatic carbocycles. The molecular formula is C13H14BrFO2. The summed E-state index contributed by atoms with van der Waals surface area (Å²) in [6.45, 7) is 0. The first kappa shape index (κ1) is 12.6. The van der Waals surface area contributed by atoms with Gasteiger partial charge in [0.2, 0.25) is 0 Å². The van der Waals surface area contributed by atoms with Crippen molar-refractivity contribution < 1.29 is 13.9 Å². The fourth-order valence-electron chi connectivity index (χ4n) is 2.16. The SMILES string of the molecule is O=C(CC1CCCC1)Oc1ccc(F)c(Br)c1. The third-order valence-electron chi connectivity index (χ3n) is 3.05. The molecule has 17 heavy (non-hydrogen) atoms. The van der Waals surface area contributed by atoms with Crippen molar-refractivity contribution >= 4 is 21.9 Å². The molecule has 2 nitrogen and oxygen atoms in total. The summed E-state index contributed by atoms with van der Waals surface area (Å²) in [4.78, 5) is 11.6. The van der Waals surface area contributed by atoms with Gasteiger partial charge < -0.3 is 4.74 Å². The topological polar surface area (TPSA) is 26.3 Å². The van der Waals surface area contributed by atoms with Crippen LogP contribution in [0.5, 0.6) is 5.75 Å². The van der Waals surface area contributed by atoms with Gasteiger partial charge in [-0.1, -0.05) is 12.8 Å². The molecule has 2 rings (SSSR count). The minimum atomic E-state index is -0.361. The second-order valence-electron chi connectivity index (χ2n) is 4.40. The van der Waals surface area contributed by atoms with Gasteiger partial charge in [-0.2, -0.15) is 0 Å². The lowest BCUT2D eigenvalue weighted by Crippen LogP contribution is -2.12. The van der Waals surface area contributed by atoms with Crippen LogP contribution in [0.15, 0.2) is 22.7 Å². The van der Waals surface area contributed by atoms with Gasteiger partial charge in [-0.25, -0.2) is 4.39 Å². The van der Waals surface area contributed by atoms with E-state index in [1.54, 1.807) is 0 Å². The summed E-state index contributed by atoms with van der Waals surface area (Å²) in [6, 6.07) is 4.22. The first-order valence-electron chi connectivity index (χ1n) is 5.81. The predicted octanol–water partition coefficient (Wildman–Crippen LogP) is 4.07. The van der Waals surface area contributed by atoms with E-state index in [0.717, 1.165) is 12.8 Å². The van der Waals surface area contributed by atoms with Crippen LogP contribution < -0.4 is 4.74 Å². The van der Waals surface area contributed by atoms with E-state index < -0.39 is 0 Å². The van der Waals surface area contributed by atoms with Crippen LogP contribution in [0.25, 0.3) is 0 Å². The van der Waals surface area contributed by atoms with Crippen LogP contribution in [0.4, 0.5) is 4.39 Å². The van der Waals surface area contributed by atoms with Gasteiger partial charge in [-0.05, 0) is 52.9 Å². The fourth-order valence-corrected chi connectivity index (χ4v) is 2.52. The van der Waals surface area contributed by atoms with Gasteiger partial charge in [0, 0.05) is 6.42 Å². The Kier molecular flexibility index (Phi) is 4.15. The maximum atomic E-state index is 13.0. The lowest BCUT2D eigenvalue weighted by molar-refractivity contribution is -0.135. The maximum Gasteiger partial charge on any atom is 0.311 e. The van der Waals surface area contributed by atoms with E-state index in [9.17, 15) is 9.18 Å². The summed E-state index contributed by atoms with van der Waals surface area (Å²) in [7, 11) is 0. The van der Waals surface area contributed by atoms with Crippen molar-refractivity contribution in [1.29, 1.82) is 0 Å². The van der Waals surface area contributed by atoms with Crippen LogP contribution in [-0.4, -0.2) is 5.97 Å². The minimum Gasteiger partial charge on any atom is -0.426 e. The highest BCUT2D eigenvalue weighted by Gasteiger charge is 2.19. The summed E-state index contributed by atoms with van der Waals surface area (Å²) in [6.07, 6.45) is 5.11. The molecule has 0 atom stereocenters. The molecule has 0 radical (unpaired) electrons. The zero-order valence-corrected chi connectivity index (χ0v) is 11.0. The smallest absolute Gasteiger partial charge is 0.311 e. The van der Waals surface area contributed by atoms with Crippen molar-refractivity contribution in [3.8, 4) is 5.75 Å². The molecule has 1 aliphatic rings. The Hall–Kier alpha value is -0.900. The molecule has 4 heteroatoms. The normalized spacial score (nSPS) is 16.1.